The highest BCUT2D eigenvalue weighted by Gasteiger charge is 2.44. The van der Waals surface area contributed by atoms with Crippen LogP contribution in [-0.4, -0.2) is 117 Å². The average Bonchev–Trinajstić information content (AvgIpc) is 3.81. The Morgan fingerprint density at radius 2 is 1.61 bits per heavy atom. The third kappa shape index (κ3) is 13.0. The summed E-state index contributed by atoms with van der Waals surface area (Å²) in [5.41, 5.74) is 5.60. The molecule has 1 saturated heterocycles. The van der Waals surface area contributed by atoms with Crippen molar-refractivity contribution < 1.29 is 33.8 Å². The summed E-state index contributed by atoms with van der Waals surface area (Å²) in [6.45, 7) is 12.6. The number of hydrogen-bond acceptors (Lipinski definition) is 12. The molecule has 0 radical (unpaired) electrons. The van der Waals surface area contributed by atoms with Crippen molar-refractivity contribution in [2.24, 2.45) is 10.8 Å². The van der Waals surface area contributed by atoms with E-state index in [1.54, 1.807) is 34.3 Å². The van der Waals surface area contributed by atoms with Crippen LogP contribution in [0.15, 0.2) is 78.7 Å². The standard InChI is InChI=1S/C44H59N9O7S/c1-43(2,3)37(49-41(57)60-8)39(55)50-52(23-30-15-12-16-31(19-30)32-21-45-28-46-22-32)25-35(54)34(20-29-13-10-9-11-14-29)48-40(56)38(44(4,5)6)53-18-17-51(42(53)58)24-33-27-61-36(47-33)26-59-7/h9-16,19,21-22,27-28,34-35,37-38,54H,17-18,20,23-26H2,1-8H3,(H,48,56)(H,49,57)(H,50,55). The van der Waals surface area contributed by atoms with Crippen molar-refractivity contribution in [1.82, 2.24) is 45.8 Å². The number of nitrogens with one attached hydrogen (secondary N) is 3. The number of hydrazine groups is 1. The molecule has 4 atom stereocenters. The Bertz CT molecular complexity index is 2070. The normalized spacial score (nSPS) is 15.3. The summed E-state index contributed by atoms with van der Waals surface area (Å²) in [6, 6.07) is 14.1. The molecular formula is C44H59N9O7S. The second-order valence-electron chi connectivity index (χ2n) is 17.3. The Morgan fingerprint density at radius 3 is 2.26 bits per heavy atom. The van der Waals surface area contributed by atoms with Gasteiger partial charge in [0.05, 0.1) is 38.1 Å². The fourth-order valence-electron chi connectivity index (χ4n) is 7.30. The quantitative estimate of drug-likeness (QED) is 0.101. The fraction of sp³-hybridized carbons (Fsp3) is 0.477. The number of aromatic nitrogens is 3. The maximum atomic E-state index is 14.6. The highest BCUT2D eigenvalue weighted by Crippen LogP contribution is 2.29. The molecule has 0 spiro atoms. The number of urea groups is 1. The van der Waals surface area contributed by atoms with Gasteiger partial charge in [0.1, 0.15) is 23.4 Å². The van der Waals surface area contributed by atoms with Crippen LogP contribution in [0, 0.1) is 10.8 Å². The predicted octanol–water partition coefficient (Wildman–Crippen LogP) is 4.79. The van der Waals surface area contributed by atoms with Crippen molar-refractivity contribution in [3.05, 3.63) is 101 Å². The van der Waals surface area contributed by atoms with Crippen molar-refractivity contribution in [3.63, 3.8) is 0 Å². The van der Waals surface area contributed by atoms with Gasteiger partial charge >= 0.3 is 12.1 Å². The van der Waals surface area contributed by atoms with Gasteiger partial charge in [-0.15, -0.1) is 11.3 Å². The Labute approximate surface area is 362 Å². The molecule has 328 valence electrons. The molecule has 2 aromatic carbocycles. The van der Waals surface area contributed by atoms with E-state index in [1.807, 2.05) is 102 Å². The molecule has 0 bridgehead atoms. The first-order chi connectivity index (χ1) is 29.0. The third-order valence-electron chi connectivity index (χ3n) is 10.3. The lowest BCUT2D eigenvalue weighted by atomic mass is 9.84. The molecule has 0 aliphatic carbocycles. The van der Waals surface area contributed by atoms with Crippen LogP contribution in [0.1, 0.15) is 63.4 Å². The number of methoxy groups -OCH3 is 2. The zero-order valence-corrected chi connectivity index (χ0v) is 37.1. The number of nitrogens with zero attached hydrogens (tertiary/aromatic N) is 6. The summed E-state index contributed by atoms with van der Waals surface area (Å²) < 4.78 is 10.0. The zero-order valence-electron chi connectivity index (χ0n) is 36.3. The second kappa shape index (κ2) is 20.9. The van der Waals surface area contributed by atoms with Gasteiger partial charge in [0.25, 0.3) is 5.91 Å². The largest absolute Gasteiger partial charge is 0.453 e. The summed E-state index contributed by atoms with van der Waals surface area (Å²) in [5, 5.41) is 22.3. The van der Waals surface area contributed by atoms with Crippen molar-refractivity contribution >= 4 is 35.3 Å². The summed E-state index contributed by atoms with van der Waals surface area (Å²) in [5.74, 6) is -0.944. The number of carbonyl (C=O) groups is 4. The van der Waals surface area contributed by atoms with E-state index in [4.69, 9.17) is 9.47 Å². The topological polar surface area (TPSA) is 191 Å². The van der Waals surface area contributed by atoms with Crippen molar-refractivity contribution in [2.75, 3.05) is 33.9 Å². The van der Waals surface area contributed by atoms with Gasteiger partial charge in [0.15, 0.2) is 0 Å². The molecule has 16 nitrogen and oxygen atoms in total. The lowest BCUT2D eigenvalue weighted by Crippen LogP contribution is -2.61. The number of carbonyl (C=O) groups excluding carboxylic acids is 4. The molecule has 0 saturated carbocycles. The van der Waals surface area contributed by atoms with Crippen molar-refractivity contribution in [3.8, 4) is 11.1 Å². The molecule has 2 aromatic heterocycles. The summed E-state index contributed by atoms with van der Waals surface area (Å²) >= 11 is 1.47. The van der Waals surface area contributed by atoms with E-state index in [0.29, 0.717) is 26.2 Å². The minimum Gasteiger partial charge on any atom is -0.453 e. The molecule has 5 rings (SSSR count). The van der Waals surface area contributed by atoms with E-state index in [9.17, 15) is 24.3 Å². The number of ether oxygens (including phenoxy) is 2. The van der Waals surface area contributed by atoms with E-state index in [1.165, 1.54) is 24.8 Å². The van der Waals surface area contributed by atoms with Gasteiger partial charge in [0, 0.05) is 56.6 Å². The number of amides is 5. The van der Waals surface area contributed by atoms with Gasteiger partial charge < -0.3 is 35.0 Å². The lowest BCUT2D eigenvalue weighted by molar-refractivity contribution is -0.133. The number of aliphatic hydroxyl groups is 1. The maximum Gasteiger partial charge on any atom is 0.407 e. The summed E-state index contributed by atoms with van der Waals surface area (Å²) in [4.78, 5) is 71.2. The average molecular weight is 858 g/mol. The van der Waals surface area contributed by atoms with E-state index in [-0.39, 0.29) is 25.5 Å². The predicted molar refractivity (Wildman–Crippen MR) is 231 cm³/mol. The SMILES string of the molecule is COCc1nc(CN2CCN(C(C(=O)NC(Cc3ccccc3)C(O)CN(Cc3cccc(-c4cncnc4)c3)NC(=O)C(NC(=O)OC)C(C)(C)C)C(C)(C)C)C2=O)cs1. The molecule has 5 amide bonds. The monoisotopic (exact) mass is 857 g/mol. The van der Waals surface area contributed by atoms with Crippen LogP contribution in [0.3, 0.4) is 0 Å². The number of thiazole rings is 1. The first-order valence-corrected chi connectivity index (χ1v) is 21.1. The molecule has 4 unspecified atom stereocenters. The highest BCUT2D eigenvalue weighted by atomic mass is 32.1. The molecular weight excluding hydrogens is 799 g/mol. The lowest BCUT2D eigenvalue weighted by Gasteiger charge is -2.38. The smallest absolute Gasteiger partial charge is 0.407 e. The van der Waals surface area contributed by atoms with Crippen LogP contribution in [0.2, 0.25) is 0 Å². The molecule has 1 fully saturated rings. The first kappa shape index (κ1) is 46.6. The van der Waals surface area contributed by atoms with Crippen LogP contribution in [0.25, 0.3) is 11.1 Å². The van der Waals surface area contributed by atoms with Gasteiger partial charge in [-0.2, -0.15) is 0 Å². The molecule has 61 heavy (non-hydrogen) atoms. The van der Waals surface area contributed by atoms with Crippen LogP contribution >= 0.6 is 11.3 Å². The van der Waals surface area contributed by atoms with Crippen molar-refractivity contribution in [1.29, 1.82) is 0 Å². The minimum absolute atomic E-state index is 0.132. The van der Waals surface area contributed by atoms with Crippen LogP contribution < -0.4 is 16.1 Å². The van der Waals surface area contributed by atoms with E-state index >= 15 is 0 Å². The number of rotatable bonds is 18. The Hall–Kier alpha value is -5.49. The minimum atomic E-state index is -1.24. The Morgan fingerprint density at radius 1 is 0.902 bits per heavy atom. The molecule has 17 heteroatoms. The number of benzene rings is 2. The maximum absolute atomic E-state index is 14.6. The molecule has 1 aliphatic heterocycles. The molecule has 4 N–H and O–H groups in total. The number of alkyl carbamates (subject to hydrolysis) is 1. The fourth-order valence-corrected chi connectivity index (χ4v) is 8.06. The van der Waals surface area contributed by atoms with Crippen LogP contribution in [0.4, 0.5) is 9.59 Å². The summed E-state index contributed by atoms with van der Waals surface area (Å²) in [7, 11) is 2.83. The van der Waals surface area contributed by atoms with E-state index in [0.717, 1.165) is 33.0 Å². The molecule has 4 aromatic rings. The number of hydrogen-bond donors (Lipinski definition) is 4. The summed E-state index contributed by atoms with van der Waals surface area (Å²) in [6.07, 6.45) is 3.10. The van der Waals surface area contributed by atoms with E-state index in [2.05, 4.69) is 31.0 Å². The van der Waals surface area contributed by atoms with Gasteiger partial charge in [-0.1, -0.05) is 90.1 Å². The second-order valence-corrected chi connectivity index (χ2v) is 18.3. The Kier molecular flexibility index (Phi) is 15.9. The Balaban J connectivity index is 1.42. The van der Waals surface area contributed by atoms with Gasteiger partial charge in [-0.3, -0.25) is 15.0 Å². The van der Waals surface area contributed by atoms with Crippen LogP contribution in [0.5, 0.6) is 0 Å². The first-order valence-electron chi connectivity index (χ1n) is 20.2. The van der Waals surface area contributed by atoms with Crippen molar-refractivity contribution in [2.45, 2.75) is 91.9 Å². The molecule has 3 heterocycles. The highest BCUT2D eigenvalue weighted by molar-refractivity contribution is 7.09. The van der Waals surface area contributed by atoms with Gasteiger partial charge in [-0.05, 0) is 40.0 Å². The number of aliphatic hydroxyl groups excluding tert-OH is 1. The van der Waals surface area contributed by atoms with Crippen LogP contribution in [-0.2, 0) is 45.2 Å². The zero-order chi connectivity index (χ0) is 44.3. The van der Waals surface area contributed by atoms with E-state index < -0.39 is 53.0 Å². The van der Waals surface area contributed by atoms with Gasteiger partial charge in [0.2, 0.25) is 5.91 Å². The molecule has 1 aliphatic rings. The third-order valence-corrected chi connectivity index (χ3v) is 11.1. The van der Waals surface area contributed by atoms with Gasteiger partial charge in [-0.25, -0.2) is 29.5 Å².